The van der Waals surface area contributed by atoms with E-state index in [1.165, 1.54) is 5.56 Å². The van der Waals surface area contributed by atoms with Crippen molar-refractivity contribution in [3.8, 4) is 11.3 Å². The van der Waals surface area contributed by atoms with Crippen LogP contribution in [0.15, 0.2) is 36.9 Å². The lowest BCUT2D eigenvalue weighted by molar-refractivity contribution is 0.284. The minimum atomic E-state index is -0.0887. The number of nitrogens with one attached hydrogen (secondary N) is 1. The Morgan fingerprint density at radius 1 is 1.21 bits per heavy atom. The molecule has 0 saturated carbocycles. The lowest BCUT2D eigenvalue weighted by Crippen LogP contribution is -2.46. The fourth-order valence-electron chi connectivity index (χ4n) is 3.63. The third-order valence-electron chi connectivity index (χ3n) is 5.01. The fraction of sp³-hybridized carbons (Fsp3) is 0.455. The molecule has 0 unspecified atom stereocenters. The summed E-state index contributed by atoms with van der Waals surface area (Å²) in [5, 5.41) is 9.64. The van der Waals surface area contributed by atoms with Gasteiger partial charge in [-0.2, -0.15) is 4.52 Å². The average molecular weight is 411 g/mol. The standard InChI is InChI=1S/C22H30N6S/c1-6-10-26-11-13-27(14-12-26)21-25-28-19(24-22(3,4)5)18(23-20(28)29-21)17-9-7-8-16(2)15-17/h6-9,15,24H,1,10-14H2,2-5H3. The van der Waals surface area contributed by atoms with Gasteiger partial charge in [0.15, 0.2) is 5.82 Å². The van der Waals surface area contributed by atoms with E-state index in [1.54, 1.807) is 11.3 Å². The number of rotatable bonds is 5. The number of nitrogens with zero attached hydrogens (tertiary/aromatic N) is 5. The molecule has 3 heterocycles. The maximum absolute atomic E-state index is 4.97. The average Bonchev–Trinajstić information content (AvgIpc) is 3.21. The van der Waals surface area contributed by atoms with E-state index in [4.69, 9.17) is 10.1 Å². The zero-order valence-electron chi connectivity index (χ0n) is 17.8. The summed E-state index contributed by atoms with van der Waals surface area (Å²) in [6.07, 6.45) is 1.98. The van der Waals surface area contributed by atoms with Crippen molar-refractivity contribution in [1.82, 2.24) is 19.5 Å². The van der Waals surface area contributed by atoms with E-state index in [0.717, 1.165) is 59.9 Å². The molecule has 29 heavy (non-hydrogen) atoms. The van der Waals surface area contributed by atoms with Crippen molar-refractivity contribution in [3.05, 3.63) is 42.5 Å². The molecule has 1 saturated heterocycles. The second-order valence-electron chi connectivity index (χ2n) is 8.71. The summed E-state index contributed by atoms with van der Waals surface area (Å²) in [4.78, 5) is 10.7. The summed E-state index contributed by atoms with van der Waals surface area (Å²) in [5.74, 6) is 0.964. The van der Waals surface area contributed by atoms with Crippen molar-refractivity contribution in [1.29, 1.82) is 0 Å². The highest BCUT2D eigenvalue weighted by Crippen LogP contribution is 2.35. The number of piperazine rings is 1. The van der Waals surface area contributed by atoms with E-state index in [9.17, 15) is 0 Å². The highest BCUT2D eigenvalue weighted by atomic mass is 32.1. The third-order valence-corrected chi connectivity index (χ3v) is 5.98. The number of imidazole rings is 1. The number of aryl methyl sites for hydroxylation is 1. The molecular formula is C22H30N6S. The number of hydrogen-bond acceptors (Lipinski definition) is 6. The van der Waals surface area contributed by atoms with Gasteiger partial charge >= 0.3 is 0 Å². The van der Waals surface area contributed by atoms with E-state index >= 15 is 0 Å². The molecule has 1 fully saturated rings. The van der Waals surface area contributed by atoms with Crippen molar-refractivity contribution < 1.29 is 0 Å². The van der Waals surface area contributed by atoms with Crippen LogP contribution in [0.25, 0.3) is 16.2 Å². The Bertz CT molecular complexity index is 1000. The molecule has 0 atom stereocenters. The van der Waals surface area contributed by atoms with Gasteiger partial charge in [-0.3, -0.25) is 4.90 Å². The van der Waals surface area contributed by atoms with Crippen molar-refractivity contribution in [2.24, 2.45) is 0 Å². The molecule has 1 aliphatic heterocycles. The first-order valence-electron chi connectivity index (χ1n) is 10.2. The van der Waals surface area contributed by atoms with E-state index in [1.807, 2.05) is 10.6 Å². The first kappa shape index (κ1) is 19.9. The fourth-order valence-corrected chi connectivity index (χ4v) is 4.58. The maximum Gasteiger partial charge on any atom is 0.216 e. The van der Waals surface area contributed by atoms with Crippen molar-refractivity contribution in [2.75, 3.05) is 42.9 Å². The van der Waals surface area contributed by atoms with Crippen LogP contribution in [0.1, 0.15) is 26.3 Å². The van der Waals surface area contributed by atoms with Gasteiger partial charge in [-0.05, 0) is 33.8 Å². The molecule has 4 rings (SSSR count). The molecule has 1 aromatic carbocycles. The van der Waals surface area contributed by atoms with Crippen LogP contribution in [-0.4, -0.2) is 57.8 Å². The molecule has 0 radical (unpaired) electrons. The summed E-state index contributed by atoms with van der Waals surface area (Å²) in [6, 6.07) is 8.49. The molecule has 1 aliphatic rings. The van der Waals surface area contributed by atoms with Crippen LogP contribution in [0.2, 0.25) is 0 Å². The highest BCUT2D eigenvalue weighted by Gasteiger charge is 2.25. The van der Waals surface area contributed by atoms with Gasteiger partial charge in [0.1, 0.15) is 5.69 Å². The quantitative estimate of drug-likeness (QED) is 0.636. The summed E-state index contributed by atoms with van der Waals surface area (Å²) in [5.41, 5.74) is 3.22. The van der Waals surface area contributed by atoms with Gasteiger partial charge in [-0.1, -0.05) is 41.2 Å². The monoisotopic (exact) mass is 410 g/mol. The van der Waals surface area contributed by atoms with Gasteiger partial charge in [-0.25, -0.2) is 4.98 Å². The first-order valence-corrected chi connectivity index (χ1v) is 11.0. The Balaban J connectivity index is 1.69. The van der Waals surface area contributed by atoms with Crippen LogP contribution in [0, 0.1) is 6.92 Å². The van der Waals surface area contributed by atoms with Gasteiger partial charge in [0.25, 0.3) is 0 Å². The van der Waals surface area contributed by atoms with Gasteiger partial charge in [0.2, 0.25) is 10.1 Å². The normalized spacial score (nSPS) is 15.8. The molecule has 0 aliphatic carbocycles. The molecular weight excluding hydrogens is 380 g/mol. The molecule has 3 aromatic rings. The second kappa shape index (κ2) is 7.80. The Morgan fingerprint density at radius 3 is 2.62 bits per heavy atom. The minimum absolute atomic E-state index is 0.0887. The van der Waals surface area contributed by atoms with Crippen LogP contribution in [0.5, 0.6) is 0 Å². The summed E-state index contributed by atoms with van der Waals surface area (Å²) < 4.78 is 1.99. The first-order chi connectivity index (χ1) is 13.8. The summed E-state index contributed by atoms with van der Waals surface area (Å²) >= 11 is 1.67. The Kier molecular flexibility index (Phi) is 5.36. The van der Waals surface area contributed by atoms with E-state index < -0.39 is 0 Å². The van der Waals surface area contributed by atoms with Crippen LogP contribution in [0.4, 0.5) is 10.9 Å². The Hall–Kier alpha value is -2.38. The second-order valence-corrected chi connectivity index (χ2v) is 9.64. The molecule has 154 valence electrons. The molecule has 0 bridgehead atoms. The van der Waals surface area contributed by atoms with Gasteiger partial charge in [-0.15, -0.1) is 11.7 Å². The smallest absolute Gasteiger partial charge is 0.216 e. The predicted molar refractivity (Wildman–Crippen MR) is 123 cm³/mol. The lowest BCUT2D eigenvalue weighted by Gasteiger charge is -2.33. The van der Waals surface area contributed by atoms with Crippen LogP contribution in [0.3, 0.4) is 0 Å². The van der Waals surface area contributed by atoms with E-state index in [-0.39, 0.29) is 5.54 Å². The molecule has 2 aromatic heterocycles. The highest BCUT2D eigenvalue weighted by molar-refractivity contribution is 7.20. The largest absolute Gasteiger partial charge is 0.364 e. The third kappa shape index (κ3) is 4.31. The molecule has 6 nitrogen and oxygen atoms in total. The number of fused-ring (bicyclic) bond motifs is 1. The van der Waals surface area contributed by atoms with Crippen LogP contribution >= 0.6 is 11.3 Å². The van der Waals surface area contributed by atoms with E-state index in [2.05, 4.69) is 73.7 Å². The number of aromatic nitrogens is 3. The lowest BCUT2D eigenvalue weighted by atomic mass is 10.1. The topological polar surface area (TPSA) is 48.7 Å². The van der Waals surface area contributed by atoms with Gasteiger partial charge in [0, 0.05) is 43.8 Å². The zero-order valence-corrected chi connectivity index (χ0v) is 18.6. The SMILES string of the molecule is C=CCN1CCN(c2nn3c(NC(C)(C)C)c(-c4cccc(C)c4)nc3s2)CC1. The van der Waals surface area contributed by atoms with Crippen molar-refractivity contribution in [3.63, 3.8) is 0 Å². The minimum Gasteiger partial charge on any atom is -0.364 e. The number of benzene rings is 1. The van der Waals surface area contributed by atoms with Crippen LogP contribution < -0.4 is 10.2 Å². The Morgan fingerprint density at radius 2 is 1.97 bits per heavy atom. The van der Waals surface area contributed by atoms with Gasteiger partial charge in [0.05, 0.1) is 0 Å². The van der Waals surface area contributed by atoms with Crippen molar-refractivity contribution >= 4 is 27.2 Å². The molecule has 0 amide bonds. The van der Waals surface area contributed by atoms with Crippen LogP contribution in [-0.2, 0) is 0 Å². The predicted octanol–water partition coefficient (Wildman–Crippen LogP) is 4.28. The molecule has 7 heteroatoms. The molecule has 0 spiro atoms. The number of anilines is 2. The summed E-state index contributed by atoms with van der Waals surface area (Å²) in [6.45, 7) is 17.4. The molecule has 1 N–H and O–H groups in total. The van der Waals surface area contributed by atoms with E-state index in [0.29, 0.717) is 0 Å². The summed E-state index contributed by atoms with van der Waals surface area (Å²) in [7, 11) is 0. The number of hydrogen-bond donors (Lipinski definition) is 1. The van der Waals surface area contributed by atoms with Crippen molar-refractivity contribution in [2.45, 2.75) is 33.2 Å². The maximum atomic E-state index is 4.97. The van der Waals surface area contributed by atoms with Gasteiger partial charge < -0.3 is 10.2 Å². The Labute approximate surface area is 176 Å². The zero-order chi connectivity index (χ0) is 20.6.